The standard InChI is InChI=1S/C24H20BrN3O3/c25-19-8-6-17(7-9-19)23-16-21(26-20-10-12-22(13-11-20)28(30)31)14-15-27(23)24(29)18-4-2-1-3-5-18/h1-13,16,21,26H,14-15H2. The van der Waals surface area contributed by atoms with Gasteiger partial charge in [-0.3, -0.25) is 14.9 Å². The van der Waals surface area contributed by atoms with Crippen molar-refractivity contribution < 1.29 is 9.72 Å². The van der Waals surface area contributed by atoms with E-state index in [0.717, 1.165) is 27.8 Å². The van der Waals surface area contributed by atoms with Gasteiger partial charge < -0.3 is 10.2 Å². The van der Waals surface area contributed by atoms with Gasteiger partial charge in [0.1, 0.15) is 0 Å². The van der Waals surface area contributed by atoms with Gasteiger partial charge in [-0.15, -0.1) is 0 Å². The van der Waals surface area contributed by atoms with Crippen molar-refractivity contribution >= 4 is 38.9 Å². The van der Waals surface area contributed by atoms with Crippen LogP contribution in [0, 0.1) is 10.1 Å². The number of anilines is 1. The molecule has 6 nitrogen and oxygen atoms in total. The zero-order chi connectivity index (χ0) is 21.8. The highest BCUT2D eigenvalue weighted by atomic mass is 79.9. The number of hydrogen-bond acceptors (Lipinski definition) is 4. The quantitative estimate of drug-likeness (QED) is 0.376. The first-order valence-corrected chi connectivity index (χ1v) is 10.7. The molecule has 1 aliphatic rings. The van der Waals surface area contributed by atoms with Crippen LogP contribution in [0.1, 0.15) is 22.3 Å². The summed E-state index contributed by atoms with van der Waals surface area (Å²) in [5.41, 5.74) is 3.28. The van der Waals surface area contributed by atoms with Gasteiger partial charge in [0.15, 0.2) is 0 Å². The number of nitro groups is 1. The Hall–Kier alpha value is -3.45. The summed E-state index contributed by atoms with van der Waals surface area (Å²) in [6.45, 7) is 0.556. The average molecular weight is 478 g/mol. The van der Waals surface area contributed by atoms with Gasteiger partial charge in [0.2, 0.25) is 0 Å². The molecule has 0 saturated carbocycles. The second kappa shape index (κ2) is 9.14. The van der Waals surface area contributed by atoms with Crippen molar-refractivity contribution in [2.75, 3.05) is 11.9 Å². The first-order valence-electron chi connectivity index (χ1n) is 9.87. The molecule has 0 aromatic heterocycles. The van der Waals surface area contributed by atoms with Crippen molar-refractivity contribution in [3.05, 3.63) is 111 Å². The number of amides is 1. The Morgan fingerprint density at radius 3 is 2.32 bits per heavy atom. The number of halogens is 1. The molecule has 4 rings (SSSR count). The maximum absolute atomic E-state index is 13.2. The van der Waals surface area contributed by atoms with E-state index in [-0.39, 0.29) is 17.6 Å². The first-order chi connectivity index (χ1) is 15.0. The monoisotopic (exact) mass is 477 g/mol. The Morgan fingerprint density at radius 2 is 1.68 bits per heavy atom. The highest BCUT2D eigenvalue weighted by molar-refractivity contribution is 9.10. The van der Waals surface area contributed by atoms with Crippen LogP contribution in [0.25, 0.3) is 5.70 Å². The number of hydrogen-bond donors (Lipinski definition) is 1. The van der Waals surface area contributed by atoms with Gasteiger partial charge in [0, 0.05) is 46.1 Å². The third-order valence-electron chi connectivity index (χ3n) is 5.15. The van der Waals surface area contributed by atoms with E-state index in [1.807, 2.05) is 59.5 Å². The third kappa shape index (κ3) is 4.83. The molecule has 3 aromatic carbocycles. The summed E-state index contributed by atoms with van der Waals surface area (Å²) in [6.07, 6.45) is 2.77. The fourth-order valence-corrected chi connectivity index (χ4v) is 3.84. The number of nitro benzene ring substituents is 1. The van der Waals surface area contributed by atoms with Crippen LogP contribution >= 0.6 is 15.9 Å². The van der Waals surface area contributed by atoms with Crippen LogP contribution in [-0.2, 0) is 0 Å². The summed E-state index contributed by atoms with van der Waals surface area (Å²) >= 11 is 3.46. The van der Waals surface area contributed by atoms with Gasteiger partial charge in [-0.25, -0.2) is 0 Å². The summed E-state index contributed by atoms with van der Waals surface area (Å²) in [6, 6.07) is 23.5. The molecule has 0 saturated heterocycles. The molecule has 0 radical (unpaired) electrons. The third-order valence-corrected chi connectivity index (χ3v) is 5.68. The molecule has 0 aliphatic carbocycles. The van der Waals surface area contributed by atoms with Gasteiger partial charge >= 0.3 is 0 Å². The maximum atomic E-state index is 13.2. The Labute approximate surface area is 188 Å². The minimum Gasteiger partial charge on any atom is -0.379 e. The molecule has 0 spiro atoms. The smallest absolute Gasteiger partial charge is 0.269 e. The molecular weight excluding hydrogens is 458 g/mol. The molecule has 3 aromatic rings. The fourth-order valence-electron chi connectivity index (χ4n) is 3.58. The zero-order valence-corrected chi connectivity index (χ0v) is 18.2. The summed E-state index contributed by atoms with van der Waals surface area (Å²) in [7, 11) is 0. The minimum atomic E-state index is -0.414. The molecule has 1 unspecified atom stereocenters. The van der Waals surface area contributed by atoms with Crippen LogP contribution in [0.4, 0.5) is 11.4 Å². The van der Waals surface area contributed by atoms with Crippen LogP contribution in [0.2, 0.25) is 0 Å². The molecular formula is C24H20BrN3O3. The lowest BCUT2D eigenvalue weighted by atomic mass is 10.00. The number of benzene rings is 3. The number of carbonyl (C=O) groups is 1. The lowest BCUT2D eigenvalue weighted by molar-refractivity contribution is -0.384. The van der Waals surface area contributed by atoms with E-state index >= 15 is 0 Å². The number of nitrogens with zero attached hydrogens (tertiary/aromatic N) is 2. The van der Waals surface area contributed by atoms with Crippen LogP contribution in [-0.4, -0.2) is 28.3 Å². The summed E-state index contributed by atoms with van der Waals surface area (Å²) in [5, 5.41) is 14.3. The lowest BCUT2D eigenvalue weighted by Crippen LogP contribution is -2.38. The fraction of sp³-hybridized carbons (Fsp3) is 0.125. The van der Waals surface area contributed by atoms with Crippen LogP contribution in [0.3, 0.4) is 0 Å². The second-order valence-electron chi connectivity index (χ2n) is 7.23. The van der Waals surface area contributed by atoms with Crippen molar-refractivity contribution in [2.24, 2.45) is 0 Å². The largest absolute Gasteiger partial charge is 0.379 e. The average Bonchev–Trinajstić information content (AvgIpc) is 2.80. The van der Waals surface area contributed by atoms with E-state index in [0.29, 0.717) is 12.1 Å². The molecule has 0 bridgehead atoms. The summed E-state index contributed by atoms with van der Waals surface area (Å²) in [4.78, 5) is 25.5. The summed E-state index contributed by atoms with van der Waals surface area (Å²) in [5.74, 6) is -0.0384. The molecule has 156 valence electrons. The van der Waals surface area contributed by atoms with Crippen molar-refractivity contribution in [3.8, 4) is 0 Å². The predicted molar refractivity (Wildman–Crippen MR) is 125 cm³/mol. The maximum Gasteiger partial charge on any atom is 0.269 e. The van der Waals surface area contributed by atoms with Crippen molar-refractivity contribution in [1.82, 2.24) is 4.90 Å². The van der Waals surface area contributed by atoms with Crippen molar-refractivity contribution in [3.63, 3.8) is 0 Å². The topological polar surface area (TPSA) is 75.5 Å². The van der Waals surface area contributed by atoms with Gasteiger partial charge in [-0.05, 0) is 54.5 Å². The van der Waals surface area contributed by atoms with Gasteiger partial charge in [-0.2, -0.15) is 0 Å². The highest BCUT2D eigenvalue weighted by Crippen LogP contribution is 2.29. The minimum absolute atomic E-state index is 0.0140. The van der Waals surface area contributed by atoms with E-state index in [4.69, 9.17) is 0 Å². The molecule has 7 heteroatoms. The van der Waals surface area contributed by atoms with Gasteiger partial charge in [0.05, 0.1) is 4.92 Å². The molecule has 31 heavy (non-hydrogen) atoms. The van der Waals surface area contributed by atoms with E-state index < -0.39 is 4.92 Å². The molecule has 1 amide bonds. The van der Waals surface area contributed by atoms with Gasteiger partial charge in [-0.1, -0.05) is 46.3 Å². The zero-order valence-electron chi connectivity index (χ0n) is 16.6. The molecule has 1 atom stereocenters. The first kappa shape index (κ1) is 20.8. The van der Waals surface area contributed by atoms with E-state index in [1.165, 1.54) is 12.1 Å². The number of rotatable bonds is 5. The lowest BCUT2D eigenvalue weighted by Gasteiger charge is -2.33. The van der Waals surface area contributed by atoms with Crippen LogP contribution in [0.15, 0.2) is 89.4 Å². The van der Waals surface area contributed by atoms with Crippen molar-refractivity contribution in [2.45, 2.75) is 12.5 Å². The van der Waals surface area contributed by atoms with E-state index in [1.54, 1.807) is 12.1 Å². The molecule has 1 heterocycles. The van der Waals surface area contributed by atoms with Crippen LogP contribution in [0.5, 0.6) is 0 Å². The number of carbonyl (C=O) groups excluding carboxylic acids is 1. The van der Waals surface area contributed by atoms with Crippen molar-refractivity contribution in [1.29, 1.82) is 0 Å². The Morgan fingerprint density at radius 1 is 1.00 bits per heavy atom. The van der Waals surface area contributed by atoms with Crippen LogP contribution < -0.4 is 5.32 Å². The predicted octanol–water partition coefficient (Wildman–Crippen LogP) is 5.73. The van der Waals surface area contributed by atoms with E-state index in [2.05, 4.69) is 27.3 Å². The SMILES string of the molecule is O=C(c1ccccc1)N1CCC(Nc2ccc([N+](=O)[O-])cc2)C=C1c1ccc(Br)cc1. The summed E-state index contributed by atoms with van der Waals surface area (Å²) < 4.78 is 0.967. The Balaban J connectivity index is 1.63. The van der Waals surface area contributed by atoms with E-state index in [9.17, 15) is 14.9 Å². The molecule has 1 N–H and O–H groups in total. The Kier molecular flexibility index (Phi) is 6.13. The number of nitrogens with one attached hydrogen (secondary N) is 1. The number of non-ortho nitro benzene ring substituents is 1. The van der Waals surface area contributed by atoms with Gasteiger partial charge in [0.25, 0.3) is 11.6 Å². The molecule has 0 fully saturated rings. The normalized spacial score (nSPS) is 15.8. The highest BCUT2D eigenvalue weighted by Gasteiger charge is 2.27. The second-order valence-corrected chi connectivity index (χ2v) is 8.14. The molecule has 1 aliphatic heterocycles. The Bertz CT molecular complexity index is 1110.